The molecule has 3 rings (SSSR count). The smallest absolute Gasteiger partial charge is 0.338 e. The lowest BCUT2D eigenvalue weighted by Gasteiger charge is -2.25. The van der Waals surface area contributed by atoms with Crippen molar-refractivity contribution in [2.75, 3.05) is 13.6 Å². The van der Waals surface area contributed by atoms with Gasteiger partial charge in [0.2, 0.25) is 0 Å². The number of nitrogens with zero attached hydrogens (tertiary/aromatic N) is 2. The average molecular weight is 265 g/mol. The van der Waals surface area contributed by atoms with Gasteiger partial charge in [0.25, 0.3) is 0 Å². The first-order chi connectivity index (χ1) is 8.59. The number of rotatable bonds is 1. The van der Waals surface area contributed by atoms with E-state index < -0.39 is 5.97 Å². The highest BCUT2D eigenvalue weighted by Gasteiger charge is 2.26. The summed E-state index contributed by atoms with van der Waals surface area (Å²) >= 11 is 6.22. The molecule has 18 heavy (non-hydrogen) atoms. The zero-order chi connectivity index (χ0) is 12.9. The van der Waals surface area contributed by atoms with Gasteiger partial charge in [-0.2, -0.15) is 0 Å². The van der Waals surface area contributed by atoms with Crippen LogP contribution in [-0.4, -0.2) is 34.1 Å². The zero-order valence-electron chi connectivity index (χ0n) is 9.98. The first-order valence-corrected chi connectivity index (χ1v) is 6.19. The van der Waals surface area contributed by atoms with Crippen molar-refractivity contribution in [3.05, 3.63) is 34.5 Å². The Kier molecular flexibility index (Phi) is 2.57. The molecule has 0 radical (unpaired) electrons. The van der Waals surface area contributed by atoms with E-state index >= 15 is 0 Å². The van der Waals surface area contributed by atoms with Crippen molar-refractivity contribution < 1.29 is 9.90 Å². The largest absolute Gasteiger partial charge is 0.478 e. The molecule has 0 atom stereocenters. The van der Waals surface area contributed by atoms with Crippen molar-refractivity contribution in [3.8, 4) is 0 Å². The van der Waals surface area contributed by atoms with Gasteiger partial charge >= 0.3 is 5.97 Å². The topological polar surface area (TPSA) is 45.5 Å². The number of carboxylic acid groups (broad SMARTS) is 1. The molecule has 0 spiro atoms. The number of likely N-dealkylation sites (N-methyl/N-ethyl adjacent to an activating group) is 1. The molecule has 2 heterocycles. The van der Waals surface area contributed by atoms with E-state index in [1.807, 2.05) is 17.7 Å². The number of carboxylic acids is 1. The number of hydrogen-bond donors (Lipinski definition) is 1. The molecule has 0 unspecified atom stereocenters. The summed E-state index contributed by atoms with van der Waals surface area (Å²) in [5, 5.41) is 10.8. The van der Waals surface area contributed by atoms with Crippen LogP contribution in [0.5, 0.6) is 0 Å². The quantitative estimate of drug-likeness (QED) is 0.861. The van der Waals surface area contributed by atoms with Crippen molar-refractivity contribution in [1.82, 2.24) is 9.47 Å². The fourth-order valence-electron chi connectivity index (χ4n) is 2.67. The summed E-state index contributed by atoms with van der Waals surface area (Å²) < 4.78 is 2.04. The summed E-state index contributed by atoms with van der Waals surface area (Å²) in [4.78, 5) is 13.6. The van der Waals surface area contributed by atoms with Crippen LogP contribution >= 0.6 is 11.6 Å². The number of hydrogen-bond acceptors (Lipinski definition) is 2. The molecule has 0 saturated heterocycles. The number of fused-ring (bicyclic) bond motifs is 3. The highest BCUT2D eigenvalue weighted by Crippen LogP contribution is 2.33. The predicted octanol–water partition coefficient (Wildman–Crippen LogP) is 2.44. The first kappa shape index (κ1) is 11.6. The number of benzene rings is 1. The van der Waals surface area contributed by atoms with Crippen molar-refractivity contribution >= 4 is 28.5 Å². The summed E-state index contributed by atoms with van der Waals surface area (Å²) in [6.07, 6.45) is 0. The lowest BCUT2D eigenvalue weighted by Crippen LogP contribution is -2.31. The van der Waals surface area contributed by atoms with Gasteiger partial charge in [-0.1, -0.05) is 23.7 Å². The molecule has 0 amide bonds. The number of para-hydroxylation sites is 1. The molecule has 0 fully saturated rings. The molecule has 2 aromatic rings. The summed E-state index contributed by atoms with van der Waals surface area (Å²) in [6.45, 7) is 2.33. The highest BCUT2D eigenvalue weighted by molar-refractivity contribution is 6.35. The molecule has 94 valence electrons. The van der Waals surface area contributed by atoms with E-state index in [4.69, 9.17) is 11.6 Å². The molecular formula is C13H13ClN2O2. The third-order valence-electron chi connectivity index (χ3n) is 3.48. The van der Waals surface area contributed by atoms with Gasteiger partial charge in [0.05, 0.1) is 16.1 Å². The Hall–Kier alpha value is -1.52. The minimum absolute atomic E-state index is 0.388. The fourth-order valence-corrected chi connectivity index (χ4v) is 2.95. The SMILES string of the molecule is CN1CCn2c(c(C(=O)O)c3cccc(Cl)c32)C1. The maximum Gasteiger partial charge on any atom is 0.338 e. The average Bonchev–Trinajstić information content (AvgIpc) is 2.63. The molecule has 1 N–H and O–H groups in total. The van der Waals surface area contributed by atoms with Crippen molar-refractivity contribution in [2.24, 2.45) is 0 Å². The standard InChI is InChI=1S/C13H13ClN2O2/c1-15-5-6-16-10(7-15)11(13(17)18)8-3-2-4-9(14)12(8)16/h2-4H,5-7H2,1H3,(H,17,18). The number of carbonyl (C=O) groups is 1. The molecule has 0 aliphatic carbocycles. The Morgan fingerprint density at radius 1 is 1.39 bits per heavy atom. The van der Waals surface area contributed by atoms with E-state index in [1.54, 1.807) is 12.1 Å². The summed E-state index contributed by atoms with van der Waals surface area (Å²) in [5.74, 6) is -0.883. The molecule has 1 aromatic heterocycles. The minimum Gasteiger partial charge on any atom is -0.478 e. The molecule has 4 nitrogen and oxygen atoms in total. The molecule has 5 heteroatoms. The minimum atomic E-state index is -0.883. The molecule has 1 aliphatic heterocycles. The Labute approximate surface area is 109 Å². The summed E-state index contributed by atoms with van der Waals surface area (Å²) in [6, 6.07) is 5.43. The molecular weight excluding hydrogens is 252 g/mol. The van der Waals surface area contributed by atoms with Crippen LogP contribution in [0.15, 0.2) is 18.2 Å². The fraction of sp³-hybridized carbons (Fsp3) is 0.308. The van der Waals surface area contributed by atoms with E-state index in [-0.39, 0.29) is 0 Å². The van der Waals surface area contributed by atoms with E-state index in [0.717, 1.165) is 29.7 Å². The van der Waals surface area contributed by atoms with Crippen molar-refractivity contribution in [3.63, 3.8) is 0 Å². The van der Waals surface area contributed by atoms with Gasteiger partial charge in [0.1, 0.15) is 0 Å². The summed E-state index contributed by atoms with van der Waals surface area (Å²) in [7, 11) is 1.99. The van der Waals surface area contributed by atoms with Gasteiger partial charge in [0.15, 0.2) is 0 Å². The second kappa shape index (κ2) is 4.00. The summed E-state index contributed by atoms with van der Waals surface area (Å²) in [5.41, 5.74) is 2.08. The van der Waals surface area contributed by atoms with Gasteiger partial charge < -0.3 is 9.67 Å². The molecule has 1 aliphatic rings. The van der Waals surface area contributed by atoms with Gasteiger partial charge in [-0.3, -0.25) is 4.90 Å². The third-order valence-corrected chi connectivity index (χ3v) is 3.78. The van der Waals surface area contributed by atoms with Crippen LogP contribution in [0.1, 0.15) is 16.1 Å². The van der Waals surface area contributed by atoms with E-state index in [1.165, 1.54) is 0 Å². The van der Waals surface area contributed by atoms with Crippen LogP contribution < -0.4 is 0 Å². The van der Waals surface area contributed by atoms with E-state index in [0.29, 0.717) is 17.1 Å². The Balaban J connectivity index is 2.41. The number of halogens is 1. The Morgan fingerprint density at radius 2 is 2.17 bits per heavy atom. The second-order valence-electron chi connectivity index (χ2n) is 4.65. The maximum atomic E-state index is 11.5. The molecule has 0 saturated carbocycles. The van der Waals surface area contributed by atoms with Crippen LogP contribution in [-0.2, 0) is 13.1 Å². The van der Waals surface area contributed by atoms with Gasteiger partial charge in [0, 0.05) is 30.7 Å². The number of aromatic carboxylic acids is 1. The first-order valence-electron chi connectivity index (χ1n) is 5.81. The lowest BCUT2D eigenvalue weighted by atomic mass is 10.1. The molecule has 0 bridgehead atoms. The Morgan fingerprint density at radius 3 is 2.89 bits per heavy atom. The zero-order valence-corrected chi connectivity index (χ0v) is 10.7. The van der Waals surface area contributed by atoms with Gasteiger partial charge in [-0.15, -0.1) is 0 Å². The van der Waals surface area contributed by atoms with Crippen LogP contribution in [0.2, 0.25) is 5.02 Å². The monoisotopic (exact) mass is 264 g/mol. The van der Waals surface area contributed by atoms with Gasteiger partial charge in [-0.25, -0.2) is 4.79 Å². The van der Waals surface area contributed by atoms with Crippen LogP contribution in [0.4, 0.5) is 0 Å². The number of aromatic nitrogens is 1. The molecule has 1 aromatic carbocycles. The third kappa shape index (κ3) is 1.53. The van der Waals surface area contributed by atoms with Crippen molar-refractivity contribution in [1.29, 1.82) is 0 Å². The van der Waals surface area contributed by atoms with Crippen LogP contribution in [0, 0.1) is 0 Å². The van der Waals surface area contributed by atoms with Gasteiger partial charge in [-0.05, 0) is 13.1 Å². The maximum absolute atomic E-state index is 11.5. The van der Waals surface area contributed by atoms with E-state index in [2.05, 4.69) is 4.90 Å². The van der Waals surface area contributed by atoms with Crippen LogP contribution in [0.25, 0.3) is 10.9 Å². The van der Waals surface area contributed by atoms with Crippen molar-refractivity contribution in [2.45, 2.75) is 13.1 Å². The highest BCUT2D eigenvalue weighted by atomic mass is 35.5. The second-order valence-corrected chi connectivity index (χ2v) is 5.06. The predicted molar refractivity (Wildman–Crippen MR) is 70.2 cm³/mol. The van der Waals surface area contributed by atoms with E-state index in [9.17, 15) is 9.90 Å². The normalized spacial score (nSPS) is 15.9. The van der Waals surface area contributed by atoms with Crippen LogP contribution in [0.3, 0.4) is 0 Å². The Bertz CT molecular complexity index is 648. The lowest BCUT2D eigenvalue weighted by molar-refractivity contribution is 0.0695.